The second-order valence-corrected chi connectivity index (χ2v) is 6.97. The Morgan fingerprint density at radius 1 is 1.26 bits per heavy atom. The zero-order chi connectivity index (χ0) is 14.0. The van der Waals surface area contributed by atoms with E-state index in [-0.39, 0.29) is 23.5 Å². The van der Waals surface area contributed by atoms with Gasteiger partial charge in [-0.15, -0.1) is 0 Å². The minimum atomic E-state index is -3.20. The Morgan fingerprint density at radius 2 is 2.00 bits per heavy atom. The number of nitrogens with one attached hydrogen (secondary N) is 1. The predicted octanol–water partition coefficient (Wildman–Crippen LogP) is 1.67. The van der Waals surface area contributed by atoms with Crippen LogP contribution in [0.5, 0.6) is 11.5 Å². The van der Waals surface area contributed by atoms with E-state index in [2.05, 4.69) is 4.72 Å². The van der Waals surface area contributed by atoms with Crippen LogP contribution in [0.15, 0.2) is 18.2 Å². The molecule has 0 radical (unpaired) electrons. The fraction of sp³-hybridized carbons (Fsp3) is 0.538. The normalized spacial score (nSPS) is 24.3. The summed E-state index contributed by atoms with van der Waals surface area (Å²) < 4.78 is 25.2. The monoisotopic (exact) mass is 285 g/mol. The van der Waals surface area contributed by atoms with Crippen molar-refractivity contribution in [3.05, 3.63) is 23.8 Å². The molecule has 106 valence electrons. The molecule has 1 aromatic carbocycles. The zero-order valence-electron chi connectivity index (χ0n) is 10.8. The van der Waals surface area contributed by atoms with E-state index in [1.807, 2.05) is 0 Å². The number of phenols is 2. The van der Waals surface area contributed by atoms with Gasteiger partial charge < -0.3 is 10.2 Å². The smallest absolute Gasteiger partial charge is 0.208 e. The van der Waals surface area contributed by atoms with Crippen LogP contribution >= 0.6 is 0 Å². The van der Waals surface area contributed by atoms with Gasteiger partial charge in [-0.2, -0.15) is 0 Å². The van der Waals surface area contributed by atoms with Crippen LogP contribution in [-0.4, -0.2) is 30.9 Å². The summed E-state index contributed by atoms with van der Waals surface area (Å²) in [7, 11) is -3.20. The van der Waals surface area contributed by atoms with E-state index in [0.29, 0.717) is 6.42 Å². The van der Waals surface area contributed by atoms with Gasteiger partial charge in [0, 0.05) is 12.1 Å². The molecule has 1 saturated carbocycles. The summed E-state index contributed by atoms with van der Waals surface area (Å²) in [5.74, 6) is 0.224. The predicted molar refractivity (Wildman–Crippen MR) is 72.7 cm³/mol. The Morgan fingerprint density at radius 3 is 2.63 bits per heavy atom. The van der Waals surface area contributed by atoms with E-state index in [1.165, 1.54) is 6.07 Å². The molecule has 0 spiro atoms. The Balaban J connectivity index is 2.12. The van der Waals surface area contributed by atoms with Crippen molar-refractivity contribution in [2.24, 2.45) is 0 Å². The van der Waals surface area contributed by atoms with Crippen molar-refractivity contribution in [1.29, 1.82) is 0 Å². The van der Waals surface area contributed by atoms with E-state index in [0.717, 1.165) is 31.1 Å². The van der Waals surface area contributed by atoms with Crippen molar-refractivity contribution in [2.75, 3.05) is 6.26 Å². The fourth-order valence-electron chi connectivity index (χ4n) is 2.76. The standard InChI is InChI=1S/C13H19NO4S/c1-19(17,18)14-10-4-2-3-9(7-10)12-6-5-11(15)8-13(12)16/h5-6,8-10,14-16H,2-4,7H2,1H3. The molecule has 2 unspecified atom stereocenters. The summed E-state index contributed by atoms with van der Waals surface area (Å²) in [4.78, 5) is 0. The first-order valence-electron chi connectivity index (χ1n) is 6.34. The molecular weight excluding hydrogens is 266 g/mol. The fourth-order valence-corrected chi connectivity index (χ4v) is 3.58. The van der Waals surface area contributed by atoms with Crippen LogP contribution in [-0.2, 0) is 10.0 Å². The number of hydrogen-bond acceptors (Lipinski definition) is 4. The lowest BCUT2D eigenvalue weighted by Crippen LogP contribution is -2.37. The van der Waals surface area contributed by atoms with E-state index in [9.17, 15) is 18.6 Å². The maximum Gasteiger partial charge on any atom is 0.208 e. The molecule has 0 saturated heterocycles. The van der Waals surface area contributed by atoms with Gasteiger partial charge in [0.05, 0.1) is 6.26 Å². The third-order valence-electron chi connectivity index (χ3n) is 3.51. The number of hydrogen-bond donors (Lipinski definition) is 3. The van der Waals surface area contributed by atoms with Crippen molar-refractivity contribution in [3.63, 3.8) is 0 Å². The van der Waals surface area contributed by atoms with Crippen molar-refractivity contribution >= 4 is 10.0 Å². The Hall–Kier alpha value is -1.27. The highest BCUT2D eigenvalue weighted by Crippen LogP contribution is 2.38. The first-order chi connectivity index (χ1) is 8.85. The van der Waals surface area contributed by atoms with Gasteiger partial charge in [0.2, 0.25) is 10.0 Å². The Bertz CT molecular complexity index is 556. The SMILES string of the molecule is CS(=O)(=O)NC1CCCC(c2ccc(O)cc2O)C1. The molecule has 1 fully saturated rings. The van der Waals surface area contributed by atoms with Crippen LogP contribution in [0.25, 0.3) is 0 Å². The van der Waals surface area contributed by atoms with E-state index in [4.69, 9.17) is 0 Å². The van der Waals surface area contributed by atoms with Crippen LogP contribution in [0.1, 0.15) is 37.2 Å². The van der Waals surface area contributed by atoms with E-state index in [1.54, 1.807) is 12.1 Å². The minimum absolute atomic E-state index is 0.0304. The topological polar surface area (TPSA) is 86.6 Å². The minimum Gasteiger partial charge on any atom is -0.508 e. The molecular formula is C13H19NO4S. The second kappa shape index (κ2) is 5.38. The molecule has 1 aromatic rings. The van der Waals surface area contributed by atoms with Gasteiger partial charge in [0.25, 0.3) is 0 Å². The Kier molecular flexibility index (Phi) is 4.01. The first kappa shape index (κ1) is 14.1. The molecule has 0 amide bonds. The molecule has 1 aliphatic carbocycles. The van der Waals surface area contributed by atoms with Crippen LogP contribution in [0.3, 0.4) is 0 Å². The maximum absolute atomic E-state index is 11.3. The van der Waals surface area contributed by atoms with E-state index < -0.39 is 10.0 Å². The van der Waals surface area contributed by atoms with Gasteiger partial charge in [-0.25, -0.2) is 13.1 Å². The molecule has 5 nitrogen and oxygen atoms in total. The third-order valence-corrected chi connectivity index (χ3v) is 4.27. The van der Waals surface area contributed by atoms with Gasteiger partial charge in [-0.05, 0) is 36.8 Å². The summed E-state index contributed by atoms with van der Waals surface area (Å²) in [6.07, 6.45) is 4.49. The molecule has 6 heteroatoms. The molecule has 2 atom stereocenters. The average Bonchev–Trinajstić information content (AvgIpc) is 2.26. The summed E-state index contributed by atoms with van der Waals surface area (Å²) in [5, 5.41) is 19.2. The summed E-state index contributed by atoms with van der Waals surface area (Å²) in [6, 6.07) is 4.49. The number of phenolic OH excluding ortho intramolecular Hbond substituents is 2. The zero-order valence-corrected chi connectivity index (χ0v) is 11.7. The van der Waals surface area contributed by atoms with Gasteiger partial charge in [-0.1, -0.05) is 12.5 Å². The third kappa shape index (κ3) is 3.84. The quantitative estimate of drug-likeness (QED) is 0.788. The van der Waals surface area contributed by atoms with Crippen molar-refractivity contribution in [2.45, 2.75) is 37.6 Å². The van der Waals surface area contributed by atoms with E-state index >= 15 is 0 Å². The molecule has 0 heterocycles. The lowest BCUT2D eigenvalue weighted by molar-refractivity contribution is 0.360. The molecule has 1 aliphatic rings. The van der Waals surface area contributed by atoms with Crippen LogP contribution in [0.2, 0.25) is 0 Å². The number of sulfonamides is 1. The highest BCUT2D eigenvalue weighted by atomic mass is 32.2. The highest BCUT2D eigenvalue weighted by molar-refractivity contribution is 7.88. The van der Waals surface area contributed by atoms with Crippen LogP contribution in [0.4, 0.5) is 0 Å². The van der Waals surface area contributed by atoms with Gasteiger partial charge >= 0.3 is 0 Å². The lowest BCUT2D eigenvalue weighted by atomic mass is 9.81. The maximum atomic E-state index is 11.3. The van der Waals surface area contributed by atoms with Crippen LogP contribution < -0.4 is 4.72 Å². The van der Waals surface area contributed by atoms with Crippen molar-refractivity contribution in [3.8, 4) is 11.5 Å². The lowest BCUT2D eigenvalue weighted by Gasteiger charge is -2.29. The molecule has 0 bridgehead atoms. The van der Waals surface area contributed by atoms with Gasteiger partial charge in [-0.3, -0.25) is 0 Å². The largest absolute Gasteiger partial charge is 0.508 e. The molecule has 2 rings (SSSR count). The number of aromatic hydroxyl groups is 2. The van der Waals surface area contributed by atoms with Gasteiger partial charge in [0.1, 0.15) is 11.5 Å². The molecule has 3 N–H and O–H groups in total. The van der Waals surface area contributed by atoms with Crippen molar-refractivity contribution in [1.82, 2.24) is 4.72 Å². The number of benzene rings is 1. The summed E-state index contributed by atoms with van der Waals surface area (Å²) in [6.45, 7) is 0. The molecule has 0 aliphatic heterocycles. The Labute approximate surface area is 113 Å². The van der Waals surface area contributed by atoms with Crippen LogP contribution in [0, 0.1) is 0 Å². The van der Waals surface area contributed by atoms with Crippen molar-refractivity contribution < 1.29 is 18.6 Å². The average molecular weight is 285 g/mol. The molecule has 19 heavy (non-hydrogen) atoms. The highest BCUT2D eigenvalue weighted by Gasteiger charge is 2.26. The van der Waals surface area contributed by atoms with Gasteiger partial charge in [0.15, 0.2) is 0 Å². The second-order valence-electron chi connectivity index (χ2n) is 5.19. The summed E-state index contributed by atoms with van der Waals surface area (Å²) >= 11 is 0. The number of rotatable bonds is 3. The molecule has 0 aromatic heterocycles. The summed E-state index contributed by atoms with van der Waals surface area (Å²) in [5.41, 5.74) is 0.776. The first-order valence-corrected chi connectivity index (χ1v) is 8.23.